The molecule has 1 amide bonds. The molecule has 0 saturated carbocycles. The fraction of sp³-hybridized carbons (Fsp3) is 0.889. The third kappa shape index (κ3) is 7.59. The van der Waals surface area contributed by atoms with Crippen LogP contribution in [0.25, 0.3) is 0 Å². The molecule has 0 radical (unpaired) electrons. The zero-order chi connectivity index (χ0) is 10.3. The number of carbonyl (C=O) groups excluding carboxylic acids is 1. The van der Waals surface area contributed by atoms with Crippen LogP contribution in [0.15, 0.2) is 0 Å². The Morgan fingerprint density at radius 2 is 2.08 bits per heavy atom. The van der Waals surface area contributed by atoms with Crippen molar-refractivity contribution >= 4 is 6.09 Å². The second-order valence-corrected chi connectivity index (χ2v) is 3.43. The first-order valence-electron chi connectivity index (χ1n) is 4.73. The lowest BCUT2D eigenvalue weighted by molar-refractivity contribution is 0.112. The van der Waals surface area contributed by atoms with Crippen LogP contribution in [0.3, 0.4) is 0 Å². The van der Waals surface area contributed by atoms with Gasteiger partial charge in [-0.3, -0.25) is 0 Å². The molecule has 0 heterocycles. The first-order valence-corrected chi connectivity index (χ1v) is 4.73. The number of rotatable bonds is 5. The molecule has 0 saturated heterocycles. The van der Waals surface area contributed by atoms with Gasteiger partial charge in [-0.15, -0.1) is 0 Å². The average Bonchev–Trinajstić information content (AvgIpc) is 1.98. The Morgan fingerprint density at radius 1 is 1.46 bits per heavy atom. The summed E-state index contributed by atoms with van der Waals surface area (Å²) in [6.07, 6.45) is 1.40. The first-order chi connectivity index (χ1) is 6.06. The van der Waals surface area contributed by atoms with Crippen LogP contribution in [-0.2, 0) is 4.74 Å². The van der Waals surface area contributed by atoms with Gasteiger partial charge in [0.15, 0.2) is 0 Å². The van der Waals surface area contributed by atoms with E-state index in [0.717, 1.165) is 12.8 Å². The Kier molecular flexibility index (Phi) is 6.32. The normalized spacial score (nSPS) is 12.7. The van der Waals surface area contributed by atoms with Crippen molar-refractivity contribution in [3.63, 3.8) is 0 Å². The molecule has 1 atom stereocenters. The maximum Gasteiger partial charge on any atom is 0.407 e. The Bertz CT molecular complexity index is 149. The second-order valence-electron chi connectivity index (χ2n) is 3.43. The molecule has 3 N–H and O–H groups in total. The Labute approximate surface area is 79.8 Å². The molecule has 13 heavy (non-hydrogen) atoms. The smallest absolute Gasteiger partial charge is 0.407 e. The number of carbonyl (C=O) groups is 1. The number of amides is 1. The molecular weight excluding hydrogens is 168 g/mol. The lowest BCUT2D eigenvalue weighted by atomic mass is 10.2. The number of ether oxygens (including phenoxy) is 1. The molecule has 0 rings (SSSR count). The van der Waals surface area contributed by atoms with Crippen LogP contribution in [-0.4, -0.2) is 24.8 Å². The zero-order valence-electron chi connectivity index (χ0n) is 8.67. The largest absolute Gasteiger partial charge is 0.447 e. The van der Waals surface area contributed by atoms with E-state index in [4.69, 9.17) is 10.5 Å². The third-order valence-corrected chi connectivity index (χ3v) is 1.55. The minimum absolute atomic E-state index is 0.0679. The van der Waals surface area contributed by atoms with Crippen molar-refractivity contribution in [2.24, 2.45) is 5.73 Å². The van der Waals surface area contributed by atoms with Gasteiger partial charge in [0.1, 0.15) is 0 Å². The van der Waals surface area contributed by atoms with Crippen molar-refractivity contribution in [2.75, 3.05) is 6.54 Å². The number of hydrogen-bond donors (Lipinski definition) is 2. The fourth-order valence-electron chi connectivity index (χ4n) is 0.945. The van der Waals surface area contributed by atoms with Crippen molar-refractivity contribution in [1.82, 2.24) is 5.32 Å². The predicted molar refractivity (Wildman–Crippen MR) is 52.5 cm³/mol. The monoisotopic (exact) mass is 188 g/mol. The summed E-state index contributed by atoms with van der Waals surface area (Å²) in [4.78, 5) is 11.1. The Hall–Kier alpha value is -0.770. The molecule has 0 aliphatic heterocycles. The van der Waals surface area contributed by atoms with E-state index in [-0.39, 0.29) is 18.2 Å². The van der Waals surface area contributed by atoms with E-state index in [1.165, 1.54) is 0 Å². The van der Waals surface area contributed by atoms with Crippen LogP contribution in [0, 0.1) is 0 Å². The molecule has 1 unspecified atom stereocenters. The molecule has 0 spiro atoms. The highest BCUT2D eigenvalue weighted by atomic mass is 16.6. The van der Waals surface area contributed by atoms with Crippen molar-refractivity contribution in [2.45, 2.75) is 45.8 Å². The van der Waals surface area contributed by atoms with Gasteiger partial charge in [-0.25, -0.2) is 4.79 Å². The van der Waals surface area contributed by atoms with Crippen molar-refractivity contribution < 1.29 is 9.53 Å². The van der Waals surface area contributed by atoms with Crippen molar-refractivity contribution in [3.8, 4) is 0 Å². The van der Waals surface area contributed by atoms with E-state index in [1.54, 1.807) is 0 Å². The average molecular weight is 188 g/mol. The van der Waals surface area contributed by atoms with Gasteiger partial charge in [0.2, 0.25) is 0 Å². The molecule has 0 bridgehead atoms. The van der Waals surface area contributed by atoms with Gasteiger partial charge in [-0.2, -0.15) is 0 Å². The van der Waals surface area contributed by atoms with Gasteiger partial charge in [0.25, 0.3) is 0 Å². The summed E-state index contributed by atoms with van der Waals surface area (Å²) >= 11 is 0. The molecule has 0 fully saturated rings. The number of nitrogens with two attached hydrogens (primary N) is 1. The van der Waals surface area contributed by atoms with Crippen molar-refractivity contribution in [1.29, 1.82) is 0 Å². The third-order valence-electron chi connectivity index (χ3n) is 1.55. The Balaban J connectivity index is 3.53. The van der Waals surface area contributed by atoms with Crippen LogP contribution < -0.4 is 11.1 Å². The van der Waals surface area contributed by atoms with E-state index in [1.807, 2.05) is 20.8 Å². The molecule has 0 aromatic rings. The summed E-state index contributed by atoms with van der Waals surface area (Å²) in [6.45, 7) is 6.25. The highest BCUT2D eigenvalue weighted by Gasteiger charge is 2.08. The van der Waals surface area contributed by atoms with Gasteiger partial charge >= 0.3 is 6.09 Å². The summed E-state index contributed by atoms with van der Waals surface area (Å²) in [5, 5.41) is 2.73. The lowest BCUT2D eigenvalue weighted by Crippen LogP contribution is -2.34. The minimum atomic E-state index is -0.348. The fourth-order valence-corrected chi connectivity index (χ4v) is 0.945. The van der Waals surface area contributed by atoms with Gasteiger partial charge in [0.05, 0.1) is 6.10 Å². The van der Waals surface area contributed by atoms with Gasteiger partial charge in [-0.05, 0) is 40.2 Å². The molecule has 0 aromatic carbocycles. The number of alkyl carbamates (subject to hydrolysis) is 1. The predicted octanol–water partition coefficient (Wildman–Crippen LogP) is 1.25. The van der Waals surface area contributed by atoms with Crippen LogP contribution in [0.5, 0.6) is 0 Å². The topological polar surface area (TPSA) is 64.3 Å². The SMILES string of the molecule is CC(CCCN)NC(=O)OC(C)C. The standard InChI is InChI=1S/C9H20N2O2/c1-7(2)13-9(12)11-8(3)5-4-6-10/h7-8H,4-6,10H2,1-3H3,(H,11,12). The molecule has 0 aliphatic carbocycles. The molecule has 78 valence electrons. The number of nitrogens with one attached hydrogen (secondary N) is 1. The molecule has 0 aliphatic rings. The van der Waals surface area contributed by atoms with Crippen LogP contribution in [0.1, 0.15) is 33.6 Å². The van der Waals surface area contributed by atoms with Crippen LogP contribution in [0.2, 0.25) is 0 Å². The number of hydrogen-bond acceptors (Lipinski definition) is 3. The van der Waals surface area contributed by atoms with Gasteiger partial charge in [0, 0.05) is 6.04 Å². The van der Waals surface area contributed by atoms with Crippen LogP contribution >= 0.6 is 0 Å². The lowest BCUT2D eigenvalue weighted by Gasteiger charge is -2.14. The summed E-state index contributed by atoms with van der Waals surface area (Å²) in [5.74, 6) is 0. The van der Waals surface area contributed by atoms with Crippen molar-refractivity contribution in [3.05, 3.63) is 0 Å². The van der Waals surface area contributed by atoms with E-state index < -0.39 is 0 Å². The first kappa shape index (κ1) is 12.2. The highest BCUT2D eigenvalue weighted by molar-refractivity contribution is 5.67. The zero-order valence-corrected chi connectivity index (χ0v) is 8.67. The summed E-state index contributed by atoms with van der Waals surface area (Å²) in [6, 6.07) is 0.134. The summed E-state index contributed by atoms with van der Waals surface area (Å²) in [5.41, 5.74) is 5.34. The molecular formula is C9H20N2O2. The second kappa shape index (κ2) is 6.71. The summed E-state index contributed by atoms with van der Waals surface area (Å²) in [7, 11) is 0. The molecule has 4 nitrogen and oxygen atoms in total. The minimum Gasteiger partial charge on any atom is -0.447 e. The molecule has 0 aromatic heterocycles. The van der Waals surface area contributed by atoms with E-state index >= 15 is 0 Å². The van der Waals surface area contributed by atoms with Gasteiger partial charge in [-0.1, -0.05) is 0 Å². The van der Waals surface area contributed by atoms with E-state index in [0.29, 0.717) is 6.54 Å². The quantitative estimate of drug-likeness (QED) is 0.682. The maximum atomic E-state index is 11.1. The molecule has 4 heteroatoms. The highest BCUT2D eigenvalue weighted by Crippen LogP contribution is 1.96. The van der Waals surface area contributed by atoms with E-state index in [9.17, 15) is 4.79 Å². The van der Waals surface area contributed by atoms with Gasteiger partial charge < -0.3 is 15.8 Å². The maximum absolute atomic E-state index is 11.1. The van der Waals surface area contributed by atoms with E-state index in [2.05, 4.69) is 5.32 Å². The summed E-state index contributed by atoms with van der Waals surface area (Å²) < 4.78 is 4.92. The van der Waals surface area contributed by atoms with Crippen LogP contribution in [0.4, 0.5) is 4.79 Å². The Morgan fingerprint density at radius 3 is 2.54 bits per heavy atom.